The summed E-state index contributed by atoms with van der Waals surface area (Å²) in [6.45, 7) is 8.04. The highest BCUT2D eigenvalue weighted by Crippen LogP contribution is 2.33. The van der Waals surface area contributed by atoms with Gasteiger partial charge in [-0.1, -0.05) is 18.2 Å². The number of urea groups is 1. The summed E-state index contributed by atoms with van der Waals surface area (Å²) in [5.74, 6) is 0.915. The molecule has 1 unspecified atom stereocenters. The molecule has 170 valence electrons. The van der Waals surface area contributed by atoms with Crippen LogP contribution in [0.2, 0.25) is 0 Å². The van der Waals surface area contributed by atoms with Crippen molar-refractivity contribution in [2.75, 3.05) is 27.4 Å². The van der Waals surface area contributed by atoms with Crippen molar-refractivity contribution >= 4 is 12.0 Å². The SMILES string of the molecule is CCOC(=O)C1=C(COc2cc(C)cc(C)c2C)N(C)C(=O)NC1c1ccc(OC)cc1. The van der Waals surface area contributed by atoms with Gasteiger partial charge < -0.3 is 19.5 Å². The van der Waals surface area contributed by atoms with Gasteiger partial charge in [0.1, 0.15) is 18.1 Å². The van der Waals surface area contributed by atoms with Crippen molar-refractivity contribution < 1.29 is 23.8 Å². The number of hydrogen-bond donors (Lipinski definition) is 1. The fourth-order valence-corrected chi connectivity index (χ4v) is 3.72. The summed E-state index contributed by atoms with van der Waals surface area (Å²) in [7, 11) is 3.20. The lowest BCUT2D eigenvalue weighted by Gasteiger charge is -2.34. The Balaban J connectivity index is 2.05. The zero-order valence-electron chi connectivity index (χ0n) is 19.4. The molecule has 0 radical (unpaired) electrons. The van der Waals surface area contributed by atoms with E-state index in [9.17, 15) is 9.59 Å². The largest absolute Gasteiger partial charge is 0.497 e. The molecule has 0 fully saturated rings. The summed E-state index contributed by atoms with van der Waals surface area (Å²) in [6, 6.07) is 10.3. The number of carbonyl (C=O) groups is 2. The Morgan fingerprint density at radius 2 is 1.81 bits per heavy atom. The predicted molar refractivity (Wildman–Crippen MR) is 122 cm³/mol. The maximum atomic E-state index is 13.0. The molecule has 32 heavy (non-hydrogen) atoms. The van der Waals surface area contributed by atoms with Crippen LogP contribution in [0.15, 0.2) is 47.7 Å². The third-order valence-electron chi connectivity index (χ3n) is 5.65. The van der Waals surface area contributed by atoms with E-state index in [0.29, 0.717) is 17.0 Å². The zero-order chi connectivity index (χ0) is 23.4. The van der Waals surface area contributed by atoms with Gasteiger partial charge in [-0.2, -0.15) is 0 Å². The van der Waals surface area contributed by atoms with Crippen LogP contribution in [0.5, 0.6) is 11.5 Å². The maximum absolute atomic E-state index is 13.0. The van der Waals surface area contributed by atoms with Crippen LogP contribution in [0.4, 0.5) is 4.79 Å². The van der Waals surface area contributed by atoms with E-state index >= 15 is 0 Å². The molecule has 1 N–H and O–H groups in total. The Labute approximate surface area is 189 Å². The molecule has 0 aromatic heterocycles. The number of nitrogens with zero attached hydrogens (tertiary/aromatic N) is 1. The number of aryl methyl sites for hydroxylation is 2. The van der Waals surface area contributed by atoms with E-state index in [-0.39, 0.29) is 19.2 Å². The third kappa shape index (κ3) is 4.72. The van der Waals surface area contributed by atoms with Crippen molar-refractivity contribution in [3.05, 3.63) is 69.9 Å². The number of benzene rings is 2. The molecule has 2 amide bonds. The Morgan fingerprint density at radius 1 is 1.12 bits per heavy atom. The van der Waals surface area contributed by atoms with Crippen LogP contribution in [0.1, 0.15) is 35.2 Å². The zero-order valence-corrected chi connectivity index (χ0v) is 19.4. The van der Waals surface area contributed by atoms with Crippen molar-refractivity contribution in [1.29, 1.82) is 0 Å². The van der Waals surface area contributed by atoms with Crippen LogP contribution in [-0.2, 0) is 9.53 Å². The van der Waals surface area contributed by atoms with Gasteiger partial charge in [-0.05, 0) is 68.1 Å². The number of hydrogen-bond acceptors (Lipinski definition) is 5. The van der Waals surface area contributed by atoms with Crippen LogP contribution in [0.3, 0.4) is 0 Å². The first-order valence-electron chi connectivity index (χ1n) is 10.6. The second-order valence-corrected chi connectivity index (χ2v) is 7.79. The Morgan fingerprint density at radius 3 is 2.44 bits per heavy atom. The van der Waals surface area contributed by atoms with Crippen LogP contribution >= 0.6 is 0 Å². The number of rotatable bonds is 7. The van der Waals surface area contributed by atoms with E-state index in [0.717, 1.165) is 28.0 Å². The topological polar surface area (TPSA) is 77.1 Å². The highest BCUT2D eigenvalue weighted by Gasteiger charge is 2.37. The summed E-state index contributed by atoms with van der Waals surface area (Å²) in [4.78, 5) is 27.2. The molecule has 3 rings (SSSR count). The first-order valence-corrected chi connectivity index (χ1v) is 10.6. The number of nitrogens with one attached hydrogen (secondary N) is 1. The van der Waals surface area contributed by atoms with E-state index in [1.54, 1.807) is 33.2 Å². The molecule has 0 bridgehead atoms. The summed E-state index contributed by atoms with van der Waals surface area (Å²) in [5, 5.41) is 2.90. The van der Waals surface area contributed by atoms with Crippen molar-refractivity contribution in [2.45, 2.75) is 33.7 Å². The molecule has 2 aromatic carbocycles. The van der Waals surface area contributed by atoms with E-state index in [4.69, 9.17) is 14.2 Å². The fraction of sp³-hybridized carbons (Fsp3) is 0.360. The van der Waals surface area contributed by atoms with Crippen molar-refractivity contribution in [3.63, 3.8) is 0 Å². The van der Waals surface area contributed by atoms with Gasteiger partial charge in [-0.25, -0.2) is 9.59 Å². The van der Waals surface area contributed by atoms with E-state index < -0.39 is 12.0 Å². The number of amides is 2. The molecule has 2 aromatic rings. The Hall–Kier alpha value is -3.48. The summed E-state index contributed by atoms with van der Waals surface area (Å²) in [6.07, 6.45) is 0. The highest BCUT2D eigenvalue weighted by atomic mass is 16.5. The Bertz CT molecular complexity index is 1040. The lowest BCUT2D eigenvalue weighted by atomic mass is 9.94. The average Bonchev–Trinajstić information content (AvgIpc) is 2.77. The van der Waals surface area contributed by atoms with E-state index in [1.807, 2.05) is 39.0 Å². The maximum Gasteiger partial charge on any atom is 0.338 e. The van der Waals surface area contributed by atoms with Crippen molar-refractivity contribution in [1.82, 2.24) is 10.2 Å². The fourth-order valence-electron chi connectivity index (χ4n) is 3.72. The monoisotopic (exact) mass is 438 g/mol. The predicted octanol–water partition coefficient (Wildman–Crippen LogP) is 4.21. The molecule has 7 nitrogen and oxygen atoms in total. The van der Waals surface area contributed by atoms with Crippen LogP contribution in [0.25, 0.3) is 0 Å². The Kier molecular flexibility index (Phi) is 7.08. The van der Waals surface area contributed by atoms with Gasteiger partial charge in [-0.3, -0.25) is 4.90 Å². The van der Waals surface area contributed by atoms with E-state index in [1.165, 1.54) is 4.90 Å². The van der Waals surface area contributed by atoms with Gasteiger partial charge in [0.25, 0.3) is 0 Å². The van der Waals surface area contributed by atoms with Crippen molar-refractivity contribution in [3.8, 4) is 11.5 Å². The molecule has 7 heteroatoms. The lowest BCUT2D eigenvalue weighted by molar-refractivity contribution is -0.139. The molecule has 0 saturated carbocycles. The molecule has 1 aliphatic heterocycles. The van der Waals surface area contributed by atoms with Crippen LogP contribution < -0.4 is 14.8 Å². The number of esters is 1. The molecule has 0 spiro atoms. The van der Waals surface area contributed by atoms with Crippen molar-refractivity contribution in [2.24, 2.45) is 0 Å². The van der Waals surface area contributed by atoms with Gasteiger partial charge in [0.05, 0.1) is 31.0 Å². The third-order valence-corrected chi connectivity index (χ3v) is 5.65. The number of carbonyl (C=O) groups excluding carboxylic acids is 2. The number of ether oxygens (including phenoxy) is 3. The number of likely N-dealkylation sites (N-methyl/N-ethyl adjacent to an activating group) is 1. The normalized spacial score (nSPS) is 16.0. The van der Waals surface area contributed by atoms with Gasteiger partial charge in [0.2, 0.25) is 0 Å². The molecule has 1 atom stereocenters. The molecular formula is C25H30N2O5. The van der Waals surface area contributed by atoms with Gasteiger partial charge in [0.15, 0.2) is 0 Å². The van der Waals surface area contributed by atoms with Gasteiger partial charge in [0, 0.05) is 7.05 Å². The first-order chi connectivity index (χ1) is 15.3. The van der Waals surface area contributed by atoms with Gasteiger partial charge in [-0.15, -0.1) is 0 Å². The minimum absolute atomic E-state index is 0.0501. The summed E-state index contributed by atoms with van der Waals surface area (Å²) < 4.78 is 16.7. The quantitative estimate of drug-likeness (QED) is 0.655. The first kappa shape index (κ1) is 23.2. The van der Waals surface area contributed by atoms with E-state index in [2.05, 4.69) is 11.4 Å². The highest BCUT2D eigenvalue weighted by molar-refractivity contribution is 5.95. The second-order valence-electron chi connectivity index (χ2n) is 7.79. The lowest BCUT2D eigenvalue weighted by Crippen LogP contribution is -2.48. The molecule has 1 heterocycles. The molecule has 0 aliphatic carbocycles. The molecule has 0 saturated heterocycles. The molecule has 1 aliphatic rings. The smallest absolute Gasteiger partial charge is 0.338 e. The van der Waals surface area contributed by atoms with Crippen LogP contribution in [0, 0.1) is 20.8 Å². The average molecular weight is 439 g/mol. The van der Waals surface area contributed by atoms with Crippen LogP contribution in [-0.4, -0.2) is 44.3 Å². The van der Waals surface area contributed by atoms with Gasteiger partial charge >= 0.3 is 12.0 Å². The number of methoxy groups -OCH3 is 1. The summed E-state index contributed by atoms with van der Waals surface area (Å²) >= 11 is 0. The standard InChI is InChI=1S/C25H30N2O5/c1-7-31-24(28)22-20(14-32-21-13-15(2)12-16(3)17(21)4)27(5)25(29)26-23(22)18-8-10-19(30-6)11-9-18/h8-13,23H,7,14H2,1-6H3,(H,26,29). The second kappa shape index (κ2) is 9.77. The molecular weight excluding hydrogens is 408 g/mol. The minimum Gasteiger partial charge on any atom is -0.497 e. The summed E-state index contributed by atoms with van der Waals surface area (Å²) in [5.41, 5.74) is 4.77. The minimum atomic E-state index is -0.664.